The maximum atomic E-state index is 11.7. The molecule has 0 spiro atoms. The van der Waals surface area contributed by atoms with Crippen LogP contribution >= 0.6 is 0 Å². The Balaban J connectivity index is 1.42. The number of nitrogens with zero attached hydrogens (tertiary/aromatic N) is 4. The van der Waals surface area contributed by atoms with E-state index in [1.54, 1.807) is 30.7 Å². The molecule has 0 aliphatic carbocycles. The summed E-state index contributed by atoms with van der Waals surface area (Å²) >= 11 is 0. The van der Waals surface area contributed by atoms with Crippen molar-refractivity contribution < 1.29 is 14.6 Å². The highest BCUT2D eigenvalue weighted by molar-refractivity contribution is 5.99. The maximum Gasteiger partial charge on any atom is 0.247 e. The van der Waals surface area contributed by atoms with Crippen LogP contribution in [0.4, 0.5) is 17.3 Å². The average Bonchev–Trinajstić information content (AvgIpc) is 2.93. The second-order valence-corrected chi connectivity index (χ2v) is 8.29. The maximum absolute atomic E-state index is 11.7. The highest BCUT2D eigenvalue weighted by Crippen LogP contribution is 2.29. The minimum absolute atomic E-state index is 0.164. The lowest BCUT2D eigenvalue weighted by atomic mass is 9.98. The molecule has 10 heteroatoms. The summed E-state index contributed by atoms with van der Waals surface area (Å²) in [5.41, 5.74) is 3.27. The molecule has 36 heavy (non-hydrogen) atoms. The molecule has 1 saturated heterocycles. The Kier molecular flexibility index (Phi) is 6.63. The molecular weight excluding hydrogens is 458 g/mol. The summed E-state index contributed by atoms with van der Waals surface area (Å²) in [6.45, 7) is 5.06. The molecule has 0 bridgehead atoms. The molecule has 1 fully saturated rings. The molecule has 10 nitrogen and oxygen atoms in total. The van der Waals surface area contributed by atoms with Crippen LogP contribution in [0.5, 0.6) is 0 Å². The Morgan fingerprint density at radius 1 is 1.17 bits per heavy atom. The van der Waals surface area contributed by atoms with Crippen molar-refractivity contribution in [1.29, 1.82) is 0 Å². The van der Waals surface area contributed by atoms with Crippen LogP contribution in [0.2, 0.25) is 0 Å². The molecule has 1 aliphatic rings. The van der Waals surface area contributed by atoms with Gasteiger partial charge in [-0.05, 0) is 30.3 Å². The Bertz CT molecular complexity index is 1400. The number of rotatable bonds is 7. The smallest absolute Gasteiger partial charge is 0.247 e. The van der Waals surface area contributed by atoms with Gasteiger partial charge in [0.1, 0.15) is 5.60 Å². The van der Waals surface area contributed by atoms with Gasteiger partial charge in [-0.2, -0.15) is 0 Å². The third-order valence-electron chi connectivity index (χ3n) is 5.91. The van der Waals surface area contributed by atoms with Gasteiger partial charge in [-0.25, -0.2) is 9.97 Å². The zero-order valence-electron chi connectivity index (χ0n) is 19.4. The first-order chi connectivity index (χ1) is 17.6. The number of ether oxygens (including phenoxy) is 1. The molecule has 1 atom stereocenters. The van der Waals surface area contributed by atoms with E-state index in [2.05, 4.69) is 37.5 Å². The average molecular weight is 484 g/mol. The molecule has 4 N–H and O–H groups in total. The summed E-state index contributed by atoms with van der Waals surface area (Å²) in [4.78, 5) is 29.8. The number of aliphatic hydroxyl groups excluding tert-OH is 1. The summed E-state index contributed by atoms with van der Waals surface area (Å²) in [6, 6.07) is 12.9. The number of pyridine rings is 2. The molecule has 1 amide bonds. The lowest BCUT2D eigenvalue weighted by molar-refractivity contribution is -0.111. The van der Waals surface area contributed by atoms with Gasteiger partial charge in [-0.15, -0.1) is 0 Å². The van der Waals surface area contributed by atoms with Gasteiger partial charge in [0.15, 0.2) is 0 Å². The van der Waals surface area contributed by atoms with E-state index >= 15 is 0 Å². The molecule has 5 rings (SSSR count). The monoisotopic (exact) mass is 483 g/mol. The van der Waals surface area contributed by atoms with Crippen molar-refractivity contribution in [3.8, 4) is 11.3 Å². The van der Waals surface area contributed by atoms with Crippen molar-refractivity contribution in [1.82, 2.24) is 25.3 Å². The Morgan fingerprint density at radius 3 is 2.83 bits per heavy atom. The van der Waals surface area contributed by atoms with Gasteiger partial charge in [-0.1, -0.05) is 24.8 Å². The van der Waals surface area contributed by atoms with E-state index < -0.39 is 5.60 Å². The number of anilines is 3. The van der Waals surface area contributed by atoms with E-state index in [9.17, 15) is 9.90 Å². The SMILES string of the molecule is C=CC(=O)Nc1ccnc(-c2cccc3cnc(Nc4ccc(C5(CO)CNCCO5)nc4)nc23)c1. The van der Waals surface area contributed by atoms with Crippen LogP contribution in [-0.4, -0.2) is 57.3 Å². The van der Waals surface area contributed by atoms with Gasteiger partial charge < -0.3 is 25.8 Å². The molecule has 1 aromatic carbocycles. The molecule has 1 unspecified atom stereocenters. The third-order valence-corrected chi connectivity index (χ3v) is 5.91. The zero-order valence-corrected chi connectivity index (χ0v) is 19.4. The van der Waals surface area contributed by atoms with Crippen LogP contribution in [-0.2, 0) is 15.1 Å². The van der Waals surface area contributed by atoms with Crippen LogP contribution < -0.4 is 16.0 Å². The Labute approximate surface area is 207 Å². The molecule has 182 valence electrons. The van der Waals surface area contributed by atoms with Gasteiger partial charge >= 0.3 is 0 Å². The molecule has 4 aromatic rings. The van der Waals surface area contributed by atoms with Crippen LogP contribution in [0.15, 0.2) is 73.7 Å². The van der Waals surface area contributed by atoms with Gasteiger partial charge in [0, 0.05) is 42.1 Å². The van der Waals surface area contributed by atoms with Crippen LogP contribution in [0.3, 0.4) is 0 Å². The van der Waals surface area contributed by atoms with Crippen LogP contribution in [0, 0.1) is 0 Å². The van der Waals surface area contributed by atoms with E-state index in [1.807, 2.05) is 30.3 Å². The minimum Gasteiger partial charge on any atom is -0.393 e. The molecule has 0 saturated carbocycles. The highest BCUT2D eigenvalue weighted by Gasteiger charge is 2.36. The number of benzene rings is 1. The Hall–Kier alpha value is -4.25. The fourth-order valence-electron chi connectivity index (χ4n) is 4.04. The molecule has 3 aromatic heterocycles. The molecule has 4 heterocycles. The summed E-state index contributed by atoms with van der Waals surface area (Å²) < 4.78 is 5.84. The predicted molar refractivity (Wildman–Crippen MR) is 137 cm³/mol. The number of nitrogens with one attached hydrogen (secondary N) is 3. The quantitative estimate of drug-likeness (QED) is 0.293. The molecule has 0 radical (unpaired) electrons. The lowest BCUT2D eigenvalue weighted by Gasteiger charge is -2.35. The third kappa shape index (κ3) is 4.78. The number of hydrogen-bond donors (Lipinski definition) is 4. The van der Waals surface area contributed by atoms with E-state index in [0.717, 1.165) is 17.5 Å². The van der Waals surface area contributed by atoms with E-state index in [4.69, 9.17) is 9.72 Å². The van der Waals surface area contributed by atoms with Crippen molar-refractivity contribution in [2.24, 2.45) is 0 Å². The number of aliphatic hydroxyl groups is 1. The topological polar surface area (TPSA) is 134 Å². The van der Waals surface area contributed by atoms with Crippen molar-refractivity contribution in [2.45, 2.75) is 5.60 Å². The molecular formula is C26H25N7O3. The second-order valence-electron chi connectivity index (χ2n) is 8.29. The van der Waals surface area contributed by atoms with E-state index in [-0.39, 0.29) is 12.5 Å². The number of aromatic nitrogens is 4. The van der Waals surface area contributed by atoms with Crippen molar-refractivity contribution >= 4 is 34.1 Å². The highest BCUT2D eigenvalue weighted by atomic mass is 16.5. The van der Waals surface area contributed by atoms with Gasteiger partial charge in [0.25, 0.3) is 0 Å². The Morgan fingerprint density at radius 2 is 2.08 bits per heavy atom. The number of carbonyl (C=O) groups excluding carboxylic acids is 1. The largest absolute Gasteiger partial charge is 0.393 e. The number of carbonyl (C=O) groups is 1. The summed E-state index contributed by atoms with van der Waals surface area (Å²) in [6.07, 6.45) is 6.25. The fourth-order valence-corrected chi connectivity index (χ4v) is 4.04. The zero-order chi connectivity index (χ0) is 25.0. The van der Waals surface area contributed by atoms with Gasteiger partial charge in [-0.3, -0.25) is 14.8 Å². The van der Waals surface area contributed by atoms with Crippen molar-refractivity contribution in [3.63, 3.8) is 0 Å². The van der Waals surface area contributed by atoms with Gasteiger partial charge in [0.05, 0.1) is 42.0 Å². The number of para-hydroxylation sites is 1. The number of amides is 1. The first-order valence-corrected chi connectivity index (χ1v) is 11.4. The minimum atomic E-state index is -0.849. The predicted octanol–water partition coefficient (Wildman–Crippen LogP) is 2.76. The summed E-state index contributed by atoms with van der Waals surface area (Å²) in [5, 5.41) is 19.9. The van der Waals surface area contributed by atoms with E-state index in [0.29, 0.717) is 47.4 Å². The summed E-state index contributed by atoms with van der Waals surface area (Å²) in [5.74, 6) is 0.0998. The second kappa shape index (κ2) is 10.2. The lowest BCUT2D eigenvalue weighted by Crippen LogP contribution is -2.50. The first kappa shape index (κ1) is 23.5. The van der Waals surface area contributed by atoms with Crippen LogP contribution in [0.1, 0.15) is 5.69 Å². The fraction of sp³-hybridized carbons (Fsp3) is 0.192. The number of hydrogen-bond acceptors (Lipinski definition) is 9. The van der Waals surface area contributed by atoms with Crippen LogP contribution in [0.25, 0.3) is 22.2 Å². The summed E-state index contributed by atoms with van der Waals surface area (Å²) in [7, 11) is 0. The van der Waals surface area contributed by atoms with Crippen molar-refractivity contribution in [3.05, 3.63) is 79.4 Å². The number of fused-ring (bicyclic) bond motifs is 1. The van der Waals surface area contributed by atoms with Crippen molar-refractivity contribution in [2.75, 3.05) is 36.9 Å². The number of morpholine rings is 1. The van der Waals surface area contributed by atoms with E-state index in [1.165, 1.54) is 6.08 Å². The standard InChI is InChI=1S/C26H25N7O3/c1-2-23(35)31-18-8-9-28-21(12-18)20-5-3-4-17-13-30-25(33-24(17)20)32-19-6-7-22(29-14-19)26(16-34)15-27-10-11-36-26/h2-9,12-14,27,34H,1,10-11,15-16H2,(H,28,31,35)(H,30,32,33). The molecule has 1 aliphatic heterocycles. The first-order valence-electron chi connectivity index (χ1n) is 11.4. The van der Waals surface area contributed by atoms with Gasteiger partial charge in [0.2, 0.25) is 11.9 Å². The normalized spacial score (nSPS) is 17.5.